The van der Waals surface area contributed by atoms with E-state index in [9.17, 15) is 0 Å². The summed E-state index contributed by atoms with van der Waals surface area (Å²) in [7, 11) is 4.24. The molecule has 2 heteroatoms. The minimum absolute atomic E-state index is 0.243. The van der Waals surface area contributed by atoms with Gasteiger partial charge in [0.1, 0.15) is 5.75 Å². The van der Waals surface area contributed by atoms with Crippen molar-refractivity contribution in [2.24, 2.45) is 0 Å². The van der Waals surface area contributed by atoms with Crippen LogP contribution in [0.25, 0.3) is 11.1 Å². The molecule has 0 N–H and O–H groups in total. The number of hydrogen-bond acceptors (Lipinski definition) is 2. The summed E-state index contributed by atoms with van der Waals surface area (Å²) >= 11 is 0. The van der Waals surface area contributed by atoms with Crippen molar-refractivity contribution < 1.29 is 4.74 Å². The van der Waals surface area contributed by atoms with Gasteiger partial charge >= 0.3 is 0 Å². The molecule has 2 aromatic rings. The molecule has 0 spiro atoms. The molecule has 0 saturated carbocycles. The summed E-state index contributed by atoms with van der Waals surface area (Å²) in [5.41, 5.74) is 2.38. The molecule has 1 unspecified atom stereocenters. The molecule has 0 aliphatic carbocycles. The van der Waals surface area contributed by atoms with Crippen LogP contribution in [0.3, 0.4) is 0 Å². The molecule has 2 rings (SSSR count). The molecule has 0 amide bonds. The van der Waals surface area contributed by atoms with Gasteiger partial charge in [-0.15, -0.1) is 0 Å². The molecule has 0 aliphatic heterocycles. The third kappa shape index (κ3) is 5.19. The Morgan fingerprint density at radius 2 is 1.59 bits per heavy atom. The van der Waals surface area contributed by atoms with Gasteiger partial charge < -0.3 is 9.64 Å². The van der Waals surface area contributed by atoms with E-state index in [4.69, 9.17) is 4.74 Å². The lowest BCUT2D eigenvalue weighted by Gasteiger charge is -2.18. The zero-order valence-corrected chi connectivity index (χ0v) is 14.0. The van der Waals surface area contributed by atoms with E-state index >= 15 is 0 Å². The van der Waals surface area contributed by atoms with Crippen molar-refractivity contribution in [2.45, 2.75) is 32.3 Å². The van der Waals surface area contributed by atoms with Crippen LogP contribution >= 0.6 is 0 Å². The number of ether oxygens (including phenoxy) is 1. The molecule has 22 heavy (non-hydrogen) atoms. The van der Waals surface area contributed by atoms with Crippen molar-refractivity contribution >= 4 is 0 Å². The maximum Gasteiger partial charge on any atom is 0.127 e. The zero-order chi connectivity index (χ0) is 15.8. The second-order valence-corrected chi connectivity index (χ2v) is 6.09. The average Bonchev–Trinajstić information content (AvgIpc) is 2.53. The first kappa shape index (κ1) is 16.6. The van der Waals surface area contributed by atoms with Gasteiger partial charge in [0.05, 0.1) is 6.10 Å². The molecule has 0 fully saturated rings. The number of rotatable bonds is 8. The Kier molecular flexibility index (Phi) is 6.47. The molecule has 118 valence electrons. The lowest BCUT2D eigenvalue weighted by atomic mass is 10.0. The van der Waals surface area contributed by atoms with Gasteiger partial charge in [-0.2, -0.15) is 0 Å². The lowest BCUT2D eigenvalue weighted by Crippen LogP contribution is -2.15. The third-order valence-electron chi connectivity index (χ3n) is 3.77. The van der Waals surface area contributed by atoms with E-state index < -0.39 is 0 Å². The highest BCUT2D eigenvalue weighted by Gasteiger charge is 2.09. The molecule has 0 bridgehead atoms. The molecule has 2 aromatic carbocycles. The van der Waals surface area contributed by atoms with E-state index in [0.29, 0.717) is 0 Å². The fourth-order valence-electron chi connectivity index (χ4n) is 2.56. The summed E-state index contributed by atoms with van der Waals surface area (Å²) < 4.78 is 6.19. The Balaban J connectivity index is 1.95. The first-order valence-electron chi connectivity index (χ1n) is 8.12. The highest BCUT2D eigenvalue weighted by molar-refractivity contribution is 5.70. The van der Waals surface area contributed by atoms with Gasteiger partial charge in [0.2, 0.25) is 0 Å². The van der Waals surface area contributed by atoms with E-state index in [1.807, 2.05) is 12.1 Å². The van der Waals surface area contributed by atoms with E-state index in [2.05, 4.69) is 68.4 Å². The van der Waals surface area contributed by atoms with Crippen LogP contribution < -0.4 is 4.74 Å². The number of para-hydroxylation sites is 1. The second kappa shape index (κ2) is 8.60. The van der Waals surface area contributed by atoms with Crippen LogP contribution in [-0.4, -0.2) is 31.6 Å². The van der Waals surface area contributed by atoms with Crippen LogP contribution in [0.2, 0.25) is 0 Å². The van der Waals surface area contributed by atoms with E-state index in [1.54, 1.807) is 0 Å². The van der Waals surface area contributed by atoms with Crippen molar-refractivity contribution in [1.82, 2.24) is 4.90 Å². The fraction of sp³-hybridized carbons (Fsp3) is 0.400. The van der Waals surface area contributed by atoms with Crippen LogP contribution in [-0.2, 0) is 0 Å². The summed E-state index contributed by atoms with van der Waals surface area (Å²) in [4.78, 5) is 2.23. The summed E-state index contributed by atoms with van der Waals surface area (Å²) in [6.45, 7) is 3.31. The van der Waals surface area contributed by atoms with Gasteiger partial charge in [0.25, 0.3) is 0 Å². The normalized spacial score (nSPS) is 12.4. The molecule has 0 radical (unpaired) electrons. The van der Waals surface area contributed by atoms with E-state index in [1.165, 1.54) is 24.0 Å². The highest BCUT2D eigenvalue weighted by Crippen LogP contribution is 2.30. The predicted octanol–water partition coefficient (Wildman–Crippen LogP) is 4.85. The summed E-state index contributed by atoms with van der Waals surface area (Å²) in [5.74, 6) is 0.980. The number of hydrogen-bond donors (Lipinski definition) is 0. The highest BCUT2D eigenvalue weighted by atomic mass is 16.5. The smallest absolute Gasteiger partial charge is 0.127 e. The zero-order valence-electron chi connectivity index (χ0n) is 14.0. The molecular formula is C20H27NO. The SMILES string of the molecule is CC(CCCCN(C)C)Oc1ccccc1-c1ccccc1. The Bertz CT molecular complexity index is 551. The number of benzene rings is 2. The maximum absolute atomic E-state index is 6.19. The summed E-state index contributed by atoms with van der Waals surface area (Å²) in [6.07, 6.45) is 3.76. The van der Waals surface area contributed by atoms with Crippen LogP contribution in [0.4, 0.5) is 0 Å². The monoisotopic (exact) mass is 297 g/mol. The van der Waals surface area contributed by atoms with Crippen LogP contribution in [0.5, 0.6) is 5.75 Å². The molecule has 0 saturated heterocycles. The summed E-state index contributed by atoms with van der Waals surface area (Å²) in [6, 6.07) is 18.7. The van der Waals surface area contributed by atoms with Crippen molar-refractivity contribution in [3.05, 3.63) is 54.6 Å². The van der Waals surface area contributed by atoms with Gasteiger partial charge in [0, 0.05) is 5.56 Å². The lowest BCUT2D eigenvalue weighted by molar-refractivity contribution is 0.205. The predicted molar refractivity (Wildman–Crippen MR) is 94.4 cm³/mol. The molecule has 1 atom stereocenters. The molecule has 0 aromatic heterocycles. The first-order valence-corrected chi connectivity index (χ1v) is 8.12. The number of unbranched alkanes of at least 4 members (excludes halogenated alkanes) is 1. The fourth-order valence-corrected chi connectivity index (χ4v) is 2.56. The molecule has 0 heterocycles. The van der Waals surface area contributed by atoms with E-state index in [-0.39, 0.29) is 6.10 Å². The Morgan fingerprint density at radius 3 is 2.32 bits per heavy atom. The first-order chi connectivity index (χ1) is 10.7. The van der Waals surface area contributed by atoms with Gasteiger partial charge in [0.15, 0.2) is 0 Å². The van der Waals surface area contributed by atoms with Crippen molar-refractivity contribution in [1.29, 1.82) is 0 Å². The van der Waals surface area contributed by atoms with Gasteiger partial charge in [-0.25, -0.2) is 0 Å². The maximum atomic E-state index is 6.19. The quantitative estimate of drug-likeness (QED) is 0.646. The topological polar surface area (TPSA) is 12.5 Å². The van der Waals surface area contributed by atoms with Gasteiger partial charge in [-0.1, -0.05) is 48.5 Å². The van der Waals surface area contributed by atoms with Crippen molar-refractivity contribution in [3.8, 4) is 16.9 Å². The molecule has 2 nitrogen and oxygen atoms in total. The van der Waals surface area contributed by atoms with E-state index in [0.717, 1.165) is 18.7 Å². The summed E-state index contributed by atoms with van der Waals surface area (Å²) in [5, 5.41) is 0. The minimum atomic E-state index is 0.243. The Labute approximate surface area is 134 Å². The minimum Gasteiger partial charge on any atom is -0.490 e. The average molecular weight is 297 g/mol. The van der Waals surface area contributed by atoms with Gasteiger partial charge in [-0.3, -0.25) is 0 Å². The standard InChI is InChI=1S/C20H27NO/c1-17(11-9-10-16-21(2)3)22-20-15-8-7-14-19(20)18-12-5-4-6-13-18/h4-8,12-15,17H,9-11,16H2,1-3H3. The van der Waals surface area contributed by atoms with Crippen LogP contribution in [0.1, 0.15) is 26.2 Å². The van der Waals surface area contributed by atoms with Gasteiger partial charge in [-0.05, 0) is 58.5 Å². The second-order valence-electron chi connectivity index (χ2n) is 6.09. The number of nitrogens with zero attached hydrogens (tertiary/aromatic N) is 1. The van der Waals surface area contributed by atoms with Crippen molar-refractivity contribution in [3.63, 3.8) is 0 Å². The Morgan fingerprint density at radius 1 is 0.909 bits per heavy atom. The van der Waals surface area contributed by atoms with Crippen molar-refractivity contribution in [2.75, 3.05) is 20.6 Å². The van der Waals surface area contributed by atoms with Crippen LogP contribution in [0.15, 0.2) is 54.6 Å². The molecule has 0 aliphatic rings. The Hall–Kier alpha value is -1.80. The third-order valence-corrected chi connectivity index (χ3v) is 3.77. The molecular weight excluding hydrogens is 270 g/mol. The van der Waals surface area contributed by atoms with Crippen LogP contribution in [0, 0.1) is 0 Å². The largest absolute Gasteiger partial charge is 0.490 e.